The zero-order valence-electron chi connectivity index (χ0n) is 19.6. The van der Waals surface area contributed by atoms with Gasteiger partial charge in [-0.3, -0.25) is 0 Å². The average molecular weight is 573 g/mol. The van der Waals surface area contributed by atoms with Crippen molar-refractivity contribution in [3.05, 3.63) is 0 Å². The molecule has 0 aromatic carbocycles. The minimum Gasteiger partial charge on any atom is -0.444 e. The normalized spacial score (nSPS) is 17.9. The summed E-state index contributed by atoms with van der Waals surface area (Å²) >= 11 is 2.42. The number of aliphatic hydroxyl groups is 1. The van der Waals surface area contributed by atoms with Crippen molar-refractivity contribution in [2.75, 3.05) is 37.2 Å². The highest BCUT2D eigenvalue weighted by Gasteiger charge is 2.27. The third-order valence-electron chi connectivity index (χ3n) is 5.01. The van der Waals surface area contributed by atoms with Gasteiger partial charge >= 0.3 is 12.2 Å². The van der Waals surface area contributed by atoms with Gasteiger partial charge in [0.1, 0.15) is 11.2 Å². The van der Waals surface area contributed by atoms with E-state index in [4.69, 9.17) is 14.6 Å². The van der Waals surface area contributed by atoms with Gasteiger partial charge in [-0.05, 0) is 79.1 Å². The molecule has 8 heteroatoms. The van der Waals surface area contributed by atoms with Gasteiger partial charge in [0, 0.05) is 37.2 Å². The van der Waals surface area contributed by atoms with E-state index in [9.17, 15) is 9.59 Å². The number of ether oxygens (including phenoxy) is 2. The van der Waals surface area contributed by atoms with Crippen LogP contribution in [-0.2, 0) is 9.47 Å². The highest BCUT2D eigenvalue weighted by atomic mass is 127. The number of rotatable bonds is 2. The van der Waals surface area contributed by atoms with Gasteiger partial charge in [-0.15, -0.1) is 0 Å². The maximum atomic E-state index is 11.7. The Kier molecular flexibility index (Phi) is 15.9. The summed E-state index contributed by atoms with van der Waals surface area (Å²) in [5.41, 5.74) is -0.803. The zero-order valence-corrected chi connectivity index (χ0v) is 21.7. The second-order valence-corrected chi connectivity index (χ2v) is 11.0. The lowest BCUT2D eigenvalue weighted by Gasteiger charge is -2.32. The number of alkyl halides is 1. The fourth-order valence-corrected chi connectivity index (χ4v) is 4.10. The Balaban J connectivity index is 0. The molecular formula is C24H49IN2O5. The highest BCUT2D eigenvalue weighted by molar-refractivity contribution is 14.1. The number of nitrogens with zero attached hydrogens (tertiary/aromatic N) is 2. The van der Waals surface area contributed by atoms with Gasteiger partial charge in [0.15, 0.2) is 0 Å². The van der Waals surface area contributed by atoms with Crippen LogP contribution in [0.1, 0.15) is 82.1 Å². The summed E-state index contributed by atoms with van der Waals surface area (Å²) in [5, 5.41) is 8.97. The first-order chi connectivity index (χ1) is 13.8. The molecule has 0 aromatic heterocycles. The number of halogens is 1. The molecule has 0 saturated carbocycles. The number of carbonyl (C=O) groups is 2. The second-order valence-electron chi connectivity index (χ2n) is 10.2. The molecule has 0 bridgehead atoms. The number of aliphatic hydroxyl groups excluding tert-OH is 1. The van der Waals surface area contributed by atoms with Crippen LogP contribution in [0.3, 0.4) is 0 Å². The number of hydrogen-bond donors (Lipinski definition) is 1. The van der Waals surface area contributed by atoms with E-state index in [-0.39, 0.29) is 39.2 Å². The molecule has 0 atom stereocenters. The van der Waals surface area contributed by atoms with Crippen LogP contribution >= 0.6 is 22.6 Å². The van der Waals surface area contributed by atoms with Crippen LogP contribution in [-0.4, -0.2) is 75.5 Å². The topological polar surface area (TPSA) is 79.3 Å². The van der Waals surface area contributed by atoms with Crippen molar-refractivity contribution in [1.82, 2.24) is 9.80 Å². The van der Waals surface area contributed by atoms with Crippen LogP contribution in [0.4, 0.5) is 9.59 Å². The van der Waals surface area contributed by atoms with E-state index < -0.39 is 5.60 Å². The molecule has 192 valence electrons. The van der Waals surface area contributed by atoms with Crippen molar-refractivity contribution in [2.45, 2.75) is 93.3 Å². The van der Waals surface area contributed by atoms with Crippen LogP contribution in [0, 0.1) is 11.8 Å². The Labute approximate surface area is 210 Å². The SMILES string of the molecule is C.C.CC(C)(C)OC(=O)N1CCC(CI)CC1.CC(C)(C)OC(=O)N1CCC(CO)CC1. The van der Waals surface area contributed by atoms with Crippen molar-refractivity contribution >= 4 is 34.8 Å². The van der Waals surface area contributed by atoms with Crippen LogP contribution in [0.25, 0.3) is 0 Å². The number of carbonyl (C=O) groups excluding carboxylic acids is 2. The Morgan fingerprint density at radius 3 is 1.34 bits per heavy atom. The number of hydrogen-bond acceptors (Lipinski definition) is 5. The smallest absolute Gasteiger partial charge is 0.410 e. The van der Waals surface area contributed by atoms with E-state index >= 15 is 0 Å². The number of piperidine rings is 2. The monoisotopic (exact) mass is 572 g/mol. The Morgan fingerprint density at radius 2 is 1.09 bits per heavy atom. The number of likely N-dealkylation sites (tertiary alicyclic amines) is 2. The first kappa shape index (κ1) is 33.4. The molecule has 0 spiro atoms. The van der Waals surface area contributed by atoms with Crippen molar-refractivity contribution in [3.63, 3.8) is 0 Å². The number of amides is 2. The van der Waals surface area contributed by atoms with E-state index in [2.05, 4.69) is 22.6 Å². The predicted molar refractivity (Wildman–Crippen MR) is 140 cm³/mol. The van der Waals surface area contributed by atoms with Crippen molar-refractivity contribution in [1.29, 1.82) is 0 Å². The summed E-state index contributed by atoms with van der Waals surface area (Å²) in [6.07, 6.45) is 3.57. The fraction of sp³-hybridized carbons (Fsp3) is 0.917. The summed E-state index contributed by atoms with van der Waals surface area (Å²) in [6, 6.07) is 0. The van der Waals surface area contributed by atoms with E-state index in [1.165, 1.54) is 4.43 Å². The van der Waals surface area contributed by atoms with Gasteiger partial charge in [0.05, 0.1) is 0 Å². The third kappa shape index (κ3) is 13.7. The quantitative estimate of drug-likeness (QED) is 0.326. The van der Waals surface area contributed by atoms with Crippen molar-refractivity contribution < 1.29 is 24.2 Å². The average Bonchev–Trinajstić information content (AvgIpc) is 2.66. The second kappa shape index (κ2) is 15.2. The lowest BCUT2D eigenvalue weighted by molar-refractivity contribution is 0.0156. The maximum absolute atomic E-state index is 11.7. The molecule has 2 fully saturated rings. The predicted octanol–water partition coefficient (Wildman–Crippen LogP) is 5.97. The maximum Gasteiger partial charge on any atom is 0.410 e. The fourth-order valence-electron chi connectivity index (χ4n) is 3.22. The van der Waals surface area contributed by atoms with Crippen LogP contribution in [0.5, 0.6) is 0 Å². The minimum absolute atomic E-state index is 0. The van der Waals surface area contributed by atoms with Gasteiger partial charge in [-0.1, -0.05) is 37.4 Å². The molecule has 0 aliphatic carbocycles. The highest BCUT2D eigenvalue weighted by Crippen LogP contribution is 2.21. The molecule has 0 radical (unpaired) electrons. The molecular weight excluding hydrogens is 523 g/mol. The Morgan fingerprint density at radius 1 is 0.781 bits per heavy atom. The van der Waals surface area contributed by atoms with E-state index in [1.807, 2.05) is 46.4 Å². The molecule has 1 N–H and O–H groups in total. The lowest BCUT2D eigenvalue weighted by atomic mass is 9.98. The summed E-state index contributed by atoms with van der Waals surface area (Å²) in [6.45, 7) is 14.6. The Bertz CT molecular complexity index is 481. The molecule has 2 amide bonds. The van der Waals surface area contributed by atoms with Gasteiger partial charge in [-0.2, -0.15) is 0 Å². The molecule has 2 heterocycles. The molecule has 2 rings (SSSR count). The third-order valence-corrected chi connectivity index (χ3v) is 6.25. The molecule has 0 unspecified atom stereocenters. The largest absolute Gasteiger partial charge is 0.444 e. The van der Waals surface area contributed by atoms with E-state index in [1.54, 1.807) is 4.90 Å². The summed E-state index contributed by atoms with van der Waals surface area (Å²) in [5.74, 6) is 1.13. The van der Waals surface area contributed by atoms with Gasteiger partial charge in [0.25, 0.3) is 0 Å². The molecule has 32 heavy (non-hydrogen) atoms. The van der Waals surface area contributed by atoms with Gasteiger partial charge in [-0.25, -0.2) is 9.59 Å². The summed E-state index contributed by atoms with van der Waals surface area (Å²) < 4.78 is 11.8. The molecule has 0 aromatic rings. The standard InChI is InChI=1S/C11H20INO2.C11H21NO3.2CH4/c1-11(2,3)15-10(14)13-6-4-9(8-12)5-7-13;1-11(2,3)15-10(14)12-6-4-9(8-13)5-7-12;;/h9H,4-8H2,1-3H3;9,13H,4-8H2,1-3H3;2*1H4. The van der Waals surface area contributed by atoms with Gasteiger partial charge < -0.3 is 24.4 Å². The lowest BCUT2D eigenvalue weighted by Crippen LogP contribution is -2.42. The minimum atomic E-state index is -0.426. The first-order valence-electron chi connectivity index (χ1n) is 11.0. The van der Waals surface area contributed by atoms with E-state index in [0.29, 0.717) is 19.0 Å². The van der Waals surface area contributed by atoms with Crippen LogP contribution in [0.15, 0.2) is 0 Å². The first-order valence-corrected chi connectivity index (χ1v) is 12.5. The molecule has 2 saturated heterocycles. The van der Waals surface area contributed by atoms with Crippen molar-refractivity contribution in [2.24, 2.45) is 11.8 Å². The zero-order chi connectivity index (χ0) is 22.9. The Hall–Kier alpha value is -0.770. The summed E-state index contributed by atoms with van der Waals surface area (Å²) in [7, 11) is 0. The molecule has 2 aliphatic rings. The van der Waals surface area contributed by atoms with Gasteiger partial charge in [0.2, 0.25) is 0 Å². The summed E-state index contributed by atoms with van der Waals surface area (Å²) in [4.78, 5) is 26.9. The molecule has 7 nitrogen and oxygen atoms in total. The van der Waals surface area contributed by atoms with Crippen molar-refractivity contribution in [3.8, 4) is 0 Å². The van der Waals surface area contributed by atoms with Crippen LogP contribution < -0.4 is 0 Å². The molecule has 2 aliphatic heterocycles. The van der Waals surface area contributed by atoms with E-state index in [0.717, 1.165) is 44.7 Å². The van der Waals surface area contributed by atoms with Crippen LogP contribution in [0.2, 0.25) is 0 Å².